The molecule has 1 heterocycles. The summed E-state index contributed by atoms with van der Waals surface area (Å²) in [5.74, 6) is 0.0631. The van der Waals surface area contributed by atoms with E-state index in [1.807, 2.05) is 0 Å². The predicted octanol–water partition coefficient (Wildman–Crippen LogP) is 4.28. The van der Waals surface area contributed by atoms with Gasteiger partial charge in [0, 0.05) is 28.0 Å². The normalized spacial score (nSPS) is 10.9. The van der Waals surface area contributed by atoms with Gasteiger partial charge in [-0.05, 0) is 25.1 Å². The van der Waals surface area contributed by atoms with E-state index in [1.54, 1.807) is 18.2 Å². The van der Waals surface area contributed by atoms with Gasteiger partial charge in [0.25, 0.3) is 0 Å². The Bertz CT molecular complexity index is 662. The zero-order chi connectivity index (χ0) is 14.7. The largest absolute Gasteiger partial charge is 0.361 e. The van der Waals surface area contributed by atoms with Crippen LogP contribution in [0, 0.1) is 17.0 Å². The van der Waals surface area contributed by atoms with Gasteiger partial charge in [0.1, 0.15) is 0 Å². The van der Waals surface area contributed by atoms with Gasteiger partial charge in [-0.3, -0.25) is 10.1 Å². The number of halogens is 2. The van der Waals surface area contributed by atoms with Gasteiger partial charge in [-0.1, -0.05) is 28.4 Å². The second-order valence-electron chi connectivity index (χ2n) is 3.87. The van der Waals surface area contributed by atoms with Gasteiger partial charge in [0.15, 0.2) is 5.69 Å². The summed E-state index contributed by atoms with van der Waals surface area (Å²) < 4.78 is 4.87. The Morgan fingerprint density at radius 1 is 1.35 bits per heavy atom. The van der Waals surface area contributed by atoms with Gasteiger partial charge in [0.05, 0.1) is 4.92 Å². The van der Waals surface area contributed by atoms with Gasteiger partial charge < -0.3 is 9.84 Å². The molecule has 6 nitrogen and oxygen atoms in total. The number of nitro groups is 1. The first-order chi connectivity index (χ1) is 9.47. The number of aryl methyl sites for hydroxylation is 1. The third kappa shape index (κ3) is 3.28. The maximum absolute atomic E-state index is 10.8. The monoisotopic (exact) mass is 313 g/mol. The lowest BCUT2D eigenvalue weighted by atomic mass is 10.3. The molecule has 0 aliphatic rings. The average molecular weight is 314 g/mol. The summed E-state index contributed by atoms with van der Waals surface area (Å²) in [5.41, 5.74) is 0.713. The van der Waals surface area contributed by atoms with Crippen molar-refractivity contribution in [3.05, 3.63) is 56.0 Å². The molecule has 104 valence electrons. The molecule has 0 atom stereocenters. The van der Waals surface area contributed by atoms with Gasteiger partial charge in [-0.15, -0.1) is 0 Å². The highest BCUT2D eigenvalue weighted by Gasteiger charge is 2.21. The van der Waals surface area contributed by atoms with E-state index in [-0.39, 0.29) is 17.1 Å². The van der Waals surface area contributed by atoms with Crippen molar-refractivity contribution < 1.29 is 9.45 Å². The molecule has 0 saturated carbocycles. The lowest BCUT2D eigenvalue weighted by Crippen LogP contribution is -1.91. The third-order valence-corrected chi connectivity index (χ3v) is 2.82. The van der Waals surface area contributed by atoms with Crippen molar-refractivity contribution in [3.63, 3.8) is 0 Å². The first-order valence-corrected chi connectivity index (χ1v) is 6.23. The van der Waals surface area contributed by atoms with E-state index in [2.05, 4.69) is 10.5 Å². The van der Waals surface area contributed by atoms with E-state index in [0.29, 0.717) is 15.7 Å². The summed E-state index contributed by atoms with van der Waals surface area (Å²) in [6.45, 7) is 1.50. The van der Waals surface area contributed by atoms with Crippen LogP contribution >= 0.6 is 23.2 Å². The predicted molar refractivity (Wildman–Crippen MR) is 77.0 cm³/mol. The molecular weight excluding hydrogens is 305 g/mol. The van der Waals surface area contributed by atoms with Gasteiger partial charge in [0.2, 0.25) is 5.76 Å². The summed E-state index contributed by atoms with van der Waals surface area (Å²) in [7, 11) is 0. The van der Waals surface area contributed by atoms with Crippen LogP contribution < -0.4 is 5.32 Å². The maximum Gasteiger partial charge on any atom is 0.338 e. The number of benzene rings is 1. The zero-order valence-corrected chi connectivity index (χ0v) is 11.8. The quantitative estimate of drug-likeness (QED) is 0.673. The summed E-state index contributed by atoms with van der Waals surface area (Å²) in [6.07, 6.45) is 2.89. The zero-order valence-electron chi connectivity index (χ0n) is 10.3. The summed E-state index contributed by atoms with van der Waals surface area (Å²) >= 11 is 11.7. The Balaban J connectivity index is 2.16. The van der Waals surface area contributed by atoms with Crippen molar-refractivity contribution in [2.75, 3.05) is 5.32 Å². The Kier molecular flexibility index (Phi) is 4.26. The molecule has 0 spiro atoms. The van der Waals surface area contributed by atoms with E-state index < -0.39 is 4.92 Å². The number of rotatable bonds is 4. The van der Waals surface area contributed by atoms with Crippen molar-refractivity contribution in [2.24, 2.45) is 0 Å². The first-order valence-electron chi connectivity index (χ1n) is 5.47. The molecule has 1 N–H and O–H groups in total. The van der Waals surface area contributed by atoms with Crippen LogP contribution in [0.25, 0.3) is 6.08 Å². The molecule has 1 aromatic carbocycles. The minimum Gasteiger partial charge on any atom is -0.361 e. The van der Waals surface area contributed by atoms with E-state index in [9.17, 15) is 10.1 Å². The SMILES string of the molecule is Cc1noc(C=CNc2cc(Cl)cc(Cl)c2)c1[N+](=O)[O-]. The van der Waals surface area contributed by atoms with E-state index in [1.165, 1.54) is 19.2 Å². The Morgan fingerprint density at radius 2 is 2.00 bits per heavy atom. The molecule has 0 unspecified atom stereocenters. The second-order valence-corrected chi connectivity index (χ2v) is 4.75. The number of hydrogen-bond donors (Lipinski definition) is 1. The van der Waals surface area contributed by atoms with Crippen LogP contribution in [0.4, 0.5) is 11.4 Å². The van der Waals surface area contributed by atoms with Gasteiger partial charge in [-0.25, -0.2) is 0 Å². The minimum atomic E-state index is -0.540. The van der Waals surface area contributed by atoms with Crippen LogP contribution in [0.5, 0.6) is 0 Å². The summed E-state index contributed by atoms with van der Waals surface area (Å²) in [4.78, 5) is 10.3. The maximum atomic E-state index is 10.8. The van der Waals surface area contributed by atoms with Crippen LogP contribution in [0.3, 0.4) is 0 Å². The number of hydrogen-bond acceptors (Lipinski definition) is 5. The summed E-state index contributed by atoms with van der Waals surface area (Å²) in [5, 5.41) is 18.2. The van der Waals surface area contributed by atoms with Crippen LogP contribution in [-0.2, 0) is 0 Å². The van der Waals surface area contributed by atoms with Crippen LogP contribution in [0.2, 0.25) is 10.0 Å². The molecule has 20 heavy (non-hydrogen) atoms. The fourth-order valence-corrected chi connectivity index (χ4v) is 2.09. The number of nitrogens with one attached hydrogen (secondary N) is 1. The topological polar surface area (TPSA) is 81.2 Å². The van der Waals surface area contributed by atoms with Crippen molar-refractivity contribution in [1.82, 2.24) is 5.16 Å². The molecule has 0 aliphatic carbocycles. The molecule has 8 heteroatoms. The number of anilines is 1. The Hall–Kier alpha value is -2.05. The molecule has 2 rings (SSSR count). The number of nitrogens with zero attached hydrogens (tertiary/aromatic N) is 2. The molecule has 0 amide bonds. The molecule has 2 aromatic rings. The van der Waals surface area contributed by atoms with Gasteiger partial charge >= 0.3 is 5.69 Å². The Morgan fingerprint density at radius 3 is 2.60 bits per heavy atom. The highest BCUT2D eigenvalue weighted by Crippen LogP contribution is 2.25. The minimum absolute atomic E-state index is 0.0631. The van der Waals surface area contributed by atoms with Crippen LogP contribution in [0.15, 0.2) is 28.9 Å². The van der Waals surface area contributed by atoms with E-state index in [4.69, 9.17) is 27.7 Å². The second kappa shape index (κ2) is 5.94. The van der Waals surface area contributed by atoms with Crippen molar-refractivity contribution >= 4 is 40.7 Å². The van der Waals surface area contributed by atoms with E-state index in [0.717, 1.165) is 0 Å². The van der Waals surface area contributed by atoms with E-state index >= 15 is 0 Å². The first kappa shape index (κ1) is 14.4. The molecular formula is C12H9Cl2N3O3. The molecule has 0 saturated heterocycles. The van der Waals surface area contributed by atoms with Crippen molar-refractivity contribution in [2.45, 2.75) is 6.92 Å². The van der Waals surface area contributed by atoms with Crippen molar-refractivity contribution in [1.29, 1.82) is 0 Å². The molecule has 1 aromatic heterocycles. The summed E-state index contributed by atoms with van der Waals surface area (Å²) in [6, 6.07) is 4.93. The van der Waals surface area contributed by atoms with Crippen LogP contribution in [0.1, 0.15) is 11.5 Å². The fraction of sp³-hybridized carbons (Fsp3) is 0.0833. The third-order valence-electron chi connectivity index (χ3n) is 2.39. The highest BCUT2D eigenvalue weighted by molar-refractivity contribution is 6.35. The highest BCUT2D eigenvalue weighted by atomic mass is 35.5. The Labute approximate surface area is 124 Å². The lowest BCUT2D eigenvalue weighted by molar-refractivity contribution is -0.386. The van der Waals surface area contributed by atoms with Gasteiger partial charge in [-0.2, -0.15) is 0 Å². The molecule has 0 aliphatic heterocycles. The molecule has 0 bridgehead atoms. The average Bonchev–Trinajstić information content (AvgIpc) is 2.69. The fourth-order valence-electron chi connectivity index (χ4n) is 1.56. The molecule has 0 fully saturated rings. The van der Waals surface area contributed by atoms with Crippen molar-refractivity contribution in [3.8, 4) is 0 Å². The lowest BCUT2D eigenvalue weighted by Gasteiger charge is -2.01. The smallest absolute Gasteiger partial charge is 0.338 e. The standard InChI is InChI=1S/C12H9Cl2N3O3/c1-7-12(17(18)19)11(20-16-7)2-3-15-10-5-8(13)4-9(14)6-10/h2-6,15H,1H3. The molecule has 0 radical (unpaired) electrons. The van der Waals surface area contributed by atoms with Crippen LogP contribution in [-0.4, -0.2) is 10.1 Å². The number of aromatic nitrogens is 1.